The molecule has 2 atom stereocenters. The lowest BCUT2D eigenvalue weighted by molar-refractivity contribution is -0.0103. The summed E-state index contributed by atoms with van der Waals surface area (Å²) in [7, 11) is 0. The molecule has 0 bridgehead atoms. The van der Waals surface area contributed by atoms with E-state index in [4.69, 9.17) is 4.74 Å². The van der Waals surface area contributed by atoms with Crippen molar-refractivity contribution in [1.82, 2.24) is 14.7 Å². The van der Waals surface area contributed by atoms with Crippen molar-refractivity contribution in [3.63, 3.8) is 0 Å². The average molecular weight is 371 g/mol. The van der Waals surface area contributed by atoms with E-state index in [0.717, 1.165) is 37.3 Å². The molecule has 3 aliphatic heterocycles. The molecule has 7 heteroatoms. The highest BCUT2D eigenvalue weighted by Crippen LogP contribution is 2.35. The summed E-state index contributed by atoms with van der Waals surface area (Å²) in [6, 6.07) is 4.32. The number of carboxylic acid groups (broad SMARTS) is 1. The smallest absolute Gasteiger partial charge is 0.407 e. The molecule has 0 aliphatic carbocycles. The minimum atomic E-state index is -0.842. The number of amides is 1. The highest BCUT2D eigenvalue weighted by Gasteiger charge is 2.39. The van der Waals surface area contributed by atoms with Crippen LogP contribution in [0, 0.1) is 6.92 Å². The van der Waals surface area contributed by atoms with Crippen LogP contribution < -0.4 is 0 Å². The Hall–Kier alpha value is -2.38. The van der Waals surface area contributed by atoms with Gasteiger partial charge in [-0.1, -0.05) is 12.1 Å². The Kier molecular flexibility index (Phi) is 4.65. The van der Waals surface area contributed by atoms with E-state index < -0.39 is 6.09 Å². The fourth-order valence-electron chi connectivity index (χ4n) is 4.61. The number of cyclic esters (lactones) is 1. The van der Waals surface area contributed by atoms with Gasteiger partial charge in [-0.2, -0.15) is 0 Å². The molecular formula is C20H25N3O4. The molecule has 144 valence electrons. The molecule has 1 aromatic carbocycles. The highest BCUT2D eigenvalue weighted by atomic mass is 16.5. The van der Waals surface area contributed by atoms with Crippen LogP contribution in [0.4, 0.5) is 4.79 Å². The lowest BCUT2D eigenvalue weighted by Gasteiger charge is -2.50. The third-order valence-corrected chi connectivity index (χ3v) is 6.10. The van der Waals surface area contributed by atoms with Gasteiger partial charge < -0.3 is 14.7 Å². The summed E-state index contributed by atoms with van der Waals surface area (Å²) in [5.41, 5.74) is 4.01. The maximum Gasteiger partial charge on any atom is 0.407 e. The molecule has 2 unspecified atom stereocenters. The predicted octanol–water partition coefficient (Wildman–Crippen LogP) is 1.87. The van der Waals surface area contributed by atoms with Gasteiger partial charge in [0, 0.05) is 56.9 Å². The fourth-order valence-corrected chi connectivity index (χ4v) is 4.61. The first kappa shape index (κ1) is 18.0. The maximum atomic E-state index is 11.8. The second-order valence-electron chi connectivity index (χ2n) is 7.52. The summed E-state index contributed by atoms with van der Waals surface area (Å²) in [6.45, 7) is 10.5. The number of rotatable bonds is 3. The van der Waals surface area contributed by atoms with E-state index in [1.165, 1.54) is 10.5 Å². The van der Waals surface area contributed by atoms with E-state index in [9.17, 15) is 14.7 Å². The Bertz CT molecular complexity index is 794. The number of fused-ring (bicyclic) bond motifs is 2. The standard InChI is InChI=1S/C20H25N3O4/c1-3-6-22-9-14-10-23(20(25)26)8-7-21(14)11-18(22)15-4-5-16-17(13(15)2)12-27-19(16)24/h3-5,14,18H,1,6-12H2,2H3,(H,25,26). The minimum absolute atomic E-state index is 0.191. The maximum absolute atomic E-state index is 11.8. The van der Waals surface area contributed by atoms with Crippen molar-refractivity contribution >= 4 is 12.1 Å². The fraction of sp³-hybridized carbons (Fsp3) is 0.500. The molecule has 0 aromatic heterocycles. The second kappa shape index (κ2) is 6.98. The van der Waals surface area contributed by atoms with Gasteiger partial charge in [0.2, 0.25) is 0 Å². The lowest BCUT2D eigenvalue weighted by Crippen LogP contribution is -2.63. The monoisotopic (exact) mass is 371 g/mol. The average Bonchev–Trinajstić information content (AvgIpc) is 3.03. The van der Waals surface area contributed by atoms with Crippen molar-refractivity contribution in [3.05, 3.63) is 47.0 Å². The van der Waals surface area contributed by atoms with Crippen LogP contribution in [0.25, 0.3) is 0 Å². The molecule has 0 radical (unpaired) electrons. The first-order valence-corrected chi connectivity index (χ1v) is 9.36. The zero-order chi connectivity index (χ0) is 19.1. The van der Waals surface area contributed by atoms with E-state index in [1.807, 2.05) is 12.1 Å². The number of ether oxygens (including phenoxy) is 1. The zero-order valence-corrected chi connectivity index (χ0v) is 15.6. The normalized spacial score (nSPS) is 25.7. The van der Waals surface area contributed by atoms with Crippen molar-refractivity contribution in [2.24, 2.45) is 0 Å². The summed E-state index contributed by atoms with van der Waals surface area (Å²) in [5.74, 6) is -0.240. The van der Waals surface area contributed by atoms with Crippen LogP contribution in [0.5, 0.6) is 0 Å². The van der Waals surface area contributed by atoms with Crippen molar-refractivity contribution in [3.8, 4) is 0 Å². The molecule has 2 fully saturated rings. The van der Waals surface area contributed by atoms with Gasteiger partial charge in [-0.05, 0) is 24.1 Å². The molecule has 1 aromatic rings. The summed E-state index contributed by atoms with van der Waals surface area (Å²) < 4.78 is 5.20. The van der Waals surface area contributed by atoms with E-state index >= 15 is 0 Å². The van der Waals surface area contributed by atoms with E-state index in [2.05, 4.69) is 29.4 Å². The first-order chi connectivity index (χ1) is 13.0. The van der Waals surface area contributed by atoms with Gasteiger partial charge >= 0.3 is 12.1 Å². The van der Waals surface area contributed by atoms with Crippen molar-refractivity contribution in [2.45, 2.75) is 25.6 Å². The largest absolute Gasteiger partial charge is 0.465 e. The molecule has 2 saturated heterocycles. The Morgan fingerprint density at radius 1 is 1.33 bits per heavy atom. The molecule has 3 heterocycles. The van der Waals surface area contributed by atoms with Crippen LogP contribution in [-0.4, -0.2) is 77.2 Å². The summed E-state index contributed by atoms with van der Waals surface area (Å²) in [6.07, 6.45) is 1.06. The molecular weight excluding hydrogens is 346 g/mol. The molecule has 0 saturated carbocycles. The van der Waals surface area contributed by atoms with Crippen LogP contribution in [0.2, 0.25) is 0 Å². The van der Waals surface area contributed by atoms with E-state index in [-0.39, 0.29) is 18.1 Å². The van der Waals surface area contributed by atoms with E-state index in [0.29, 0.717) is 25.3 Å². The summed E-state index contributed by atoms with van der Waals surface area (Å²) >= 11 is 0. The van der Waals surface area contributed by atoms with Crippen LogP contribution in [0.1, 0.15) is 33.1 Å². The number of piperazine rings is 2. The van der Waals surface area contributed by atoms with Crippen molar-refractivity contribution in [1.29, 1.82) is 0 Å². The van der Waals surface area contributed by atoms with Gasteiger partial charge in [-0.15, -0.1) is 6.58 Å². The van der Waals surface area contributed by atoms with Gasteiger partial charge in [0.15, 0.2) is 0 Å². The second-order valence-corrected chi connectivity index (χ2v) is 7.52. The number of nitrogens with zero attached hydrogens (tertiary/aromatic N) is 3. The van der Waals surface area contributed by atoms with Gasteiger partial charge in [-0.3, -0.25) is 9.80 Å². The van der Waals surface area contributed by atoms with Gasteiger partial charge in [0.1, 0.15) is 6.61 Å². The SMILES string of the molecule is C=CCN1CC2CN(C(=O)O)CCN2CC1c1ccc2c(c1C)COC2=O. The number of hydrogen-bond donors (Lipinski definition) is 1. The molecule has 1 amide bonds. The molecule has 1 N–H and O–H groups in total. The Labute approximate surface area is 158 Å². The molecule has 3 aliphatic rings. The van der Waals surface area contributed by atoms with Gasteiger partial charge in [-0.25, -0.2) is 9.59 Å². The van der Waals surface area contributed by atoms with E-state index in [1.54, 1.807) is 0 Å². The number of carbonyl (C=O) groups is 2. The first-order valence-electron chi connectivity index (χ1n) is 9.36. The number of carbonyl (C=O) groups excluding carboxylic acids is 1. The quantitative estimate of drug-likeness (QED) is 0.646. The number of hydrogen-bond acceptors (Lipinski definition) is 5. The van der Waals surface area contributed by atoms with Crippen molar-refractivity contribution in [2.75, 3.05) is 39.3 Å². The zero-order valence-electron chi connectivity index (χ0n) is 15.6. The van der Waals surface area contributed by atoms with Crippen LogP contribution in [-0.2, 0) is 11.3 Å². The van der Waals surface area contributed by atoms with Gasteiger partial charge in [0.05, 0.1) is 5.56 Å². The predicted molar refractivity (Wildman–Crippen MR) is 99.8 cm³/mol. The molecule has 0 spiro atoms. The van der Waals surface area contributed by atoms with Crippen LogP contribution in [0.15, 0.2) is 24.8 Å². The highest BCUT2D eigenvalue weighted by molar-refractivity contribution is 5.94. The van der Waals surface area contributed by atoms with Crippen molar-refractivity contribution < 1.29 is 19.4 Å². The Balaban J connectivity index is 1.62. The summed E-state index contributed by atoms with van der Waals surface area (Å²) in [5, 5.41) is 9.31. The molecule has 4 rings (SSSR count). The van der Waals surface area contributed by atoms with Gasteiger partial charge in [0.25, 0.3) is 0 Å². The van der Waals surface area contributed by atoms with Crippen LogP contribution in [0.3, 0.4) is 0 Å². The number of benzene rings is 1. The van der Waals surface area contributed by atoms with Crippen LogP contribution >= 0.6 is 0 Å². The third-order valence-electron chi connectivity index (χ3n) is 6.10. The molecule has 7 nitrogen and oxygen atoms in total. The Morgan fingerprint density at radius 2 is 2.15 bits per heavy atom. The third kappa shape index (κ3) is 3.11. The lowest BCUT2D eigenvalue weighted by atomic mass is 9.90. The minimum Gasteiger partial charge on any atom is -0.465 e. The summed E-state index contributed by atoms with van der Waals surface area (Å²) in [4.78, 5) is 29.5. The molecule has 27 heavy (non-hydrogen) atoms. The topological polar surface area (TPSA) is 73.3 Å². The Morgan fingerprint density at radius 3 is 2.89 bits per heavy atom. The number of esters is 1.